The highest BCUT2D eigenvalue weighted by Gasteiger charge is 2.13. The van der Waals surface area contributed by atoms with Gasteiger partial charge < -0.3 is 15.4 Å². The third-order valence-electron chi connectivity index (χ3n) is 2.40. The fourth-order valence-corrected chi connectivity index (χ4v) is 1.41. The van der Waals surface area contributed by atoms with Crippen LogP contribution in [0.1, 0.15) is 30.6 Å². The largest absolute Gasteiger partial charge is 0.462 e. The molecule has 1 rings (SSSR count). The van der Waals surface area contributed by atoms with Gasteiger partial charge >= 0.3 is 17.8 Å². The molecule has 6 nitrogen and oxygen atoms in total. The summed E-state index contributed by atoms with van der Waals surface area (Å²) in [7, 11) is 0. The van der Waals surface area contributed by atoms with Crippen molar-refractivity contribution >= 4 is 23.5 Å². The van der Waals surface area contributed by atoms with E-state index in [0.717, 1.165) is 6.42 Å². The van der Waals surface area contributed by atoms with E-state index in [1.54, 1.807) is 6.92 Å². The summed E-state index contributed by atoms with van der Waals surface area (Å²) in [5, 5.41) is 4.92. The maximum atomic E-state index is 11.5. The van der Waals surface area contributed by atoms with Gasteiger partial charge in [-0.1, -0.05) is 6.92 Å². The van der Waals surface area contributed by atoms with Crippen LogP contribution in [0.5, 0.6) is 0 Å². The molecule has 0 bridgehead atoms. The van der Waals surface area contributed by atoms with E-state index < -0.39 is 17.8 Å². The van der Waals surface area contributed by atoms with Gasteiger partial charge in [-0.25, -0.2) is 4.79 Å². The van der Waals surface area contributed by atoms with E-state index in [1.807, 2.05) is 6.92 Å². The Morgan fingerprint density at radius 2 is 1.70 bits per heavy atom. The van der Waals surface area contributed by atoms with Gasteiger partial charge in [-0.3, -0.25) is 9.59 Å². The van der Waals surface area contributed by atoms with Crippen molar-refractivity contribution in [1.29, 1.82) is 0 Å². The highest BCUT2D eigenvalue weighted by atomic mass is 16.5. The van der Waals surface area contributed by atoms with Gasteiger partial charge in [-0.2, -0.15) is 0 Å². The molecule has 0 aliphatic rings. The van der Waals surface area contributed by atoms with Crippen molar-refractivity contribution in [2.45, 2.75) is 20.3 Å². The lowest BCUT2D eigenvalue weighted by Crippen LogP contribution is -2.35. The van der Waals surface area contributed by atoms with Gasteiger partial charge in [0, 0.05) is 12.2 Å². The minimum Gasteiger partial charge on any atom is -0.462 e. The Hall–Kier alpha value is -2.37. The number of anilines is 1. The van der Waals surface area contributed by atoms with E-state index in [2.05, 4.69) is 10.6 Å². The molecule has 0 fully saturated rings. The molecule has 0 heterocycles. The summed E-state index contributed by atoms with van der Waals surface area (Å²) in [4.78, 5) is 34.3. The van der Waals surface area contributed by atoms with Crippen LogP contribution in [-0.2, 0) is 14.3 Å². The third kappa shape index (κ3) is 4.72. The molecule has 0 radical (unpaired) electrons. The molecule has 0 saturated heterocycles. The van der Waals surface area contributed by atoms with Crippen LogP contribution in [0.15, 0.2) is 24.3 Å². The van der Waals surface area contributed by atoms with Gasteiger partial charge in [-0.15, -0.1) is 0 Å². The number of rotatable bonds is 5. The number of benzene rings is 1. The molecule has 0 saturated carbocycles. The zero-order chi connectivity index (χ0) is 15.0. The second-order valence-electron chi connectivity index (χ2n) is 4.01. The zero-order valence-electron chi connectivity index (χ0n) is 11.6. The van der Waals surface area contributed by atoms with Gasteiger partial charge in [-0.05, 0) is 37.6 Å². The fourth-order valence-electron chi connectivity index (χ4n) is 1.41. The lowest BCUT2D eigenvalue weighted by molar-refractivity contribution is -0.136. The summed E-state index contributed by atoms with van der Waals surface area (Å²) in [6.45, 7) is 4.37. The Balaban J connectivity index is 2.59. The first kappa shape index (κ1) is 15.7. The fraction of sp³-hybridized carbons (Fsp3) is 0.357. The van der Waals surface area contributed by atoms with Gasteiger partial charge in [0.05, 0.1) is 12.2 Å². The molecular weight excluding hydrogens is 260 g/mol. The topological polar surface area (TPSA) is 84.5 Å². The number of nitrogens with one attached hydrogen (secondary N) is 2. The Morgan fingerprint density at radius 1 is 1.05 bits per heavy atom. The van der Waals surface area contributed by atoms with Crippen molar-refractivity contribution in [3.8, 4) is 0 Å². The average molecular weight is 278 g/mol. The van der Waals surface area contributed by atoms with Crippen LogP contribution in [0.25, 0.3) is 0 Å². The second-order valence-corrected chi connectivity index (χ2v) is 4.01. The molecule has 0 atom stereocenters. The third-order valence-corrected chi connectivity index (χ3v) is 2.40. The standard InChI is InChI=1S/C14H18N2O4/c1-3-9-15-12(17)13(18)16-11-7-5-10(6-8-11)14(19)20-4-2/h5-8H,3-4,9H2,1-2H3,(H,15,17)(H,16,18). The quantitative estimate of drug-likeness (QED) is 0.628. The van der Waals surface area contributed by atoms with Crippen LogP contribution >= 0.6 is 0 Å². The molecule has 2 amide bonds. The number of esters is 1. The van der Waals surface area contributed by atoms with Crippen LogP contribution in [0.4, 0.5) is 5.69 Å². The number of hydrogen-bond donors (Lipinski definition) is 2. The molecular formula is C14H18N2O4. The second kappa shape index (κ2) is 7.93. The Labute approximate surface area is 117 Å². The predicted octanol–water partition coefficient (Wildman–Crippen LogP) is 1.33. The van der Waals surface area contributed by atoms with Crippen molar-refractivity contribution in [2.24, 2.45) is 0 Å². The Morgan fingerprint density at radius 3 is 2.25 bits per heavy atom. The summed E-state index contributed by atoms with van der Waals surface area (Å²) < 4.78 is 4.84. The van der Waals surface area contributed by atoms with Gasteiger partial charge in [0.25, 0.3) is 0 Å². The van der Waals surface area contributed by atoms with Crippen molar-refractivity contribution in [1.82, 2.24) is 5.32 Å². The van der Waals surface area contributed by atoms with E-state index in [4.69, 9.17) is 4.74 Å². The maximum absolute atomic E-state index is 11.5. The smallest absolute Gasteiger partial charge is 0.338 e. The van der Waals surface area contributed by atoms with E-state index in [1.165, 1.54) is 24.3 Å². The lowest BCUT2D eigenvalue weighted by Gasteiger charge is -2.06. The zero-order valence-corrected chi connectivity index (χ0v) is 11.6. The minimum atomic E-state index is -0.734. The molecule has 0 unspecified atom stereocenters. The predicted molar refractivity (Wildman–Crippen MR) is 74.3 cm³/mol. The Bertz CT molecular complexity index is 482. The van der Waals surface area contributed by atoms with Crippen LogP contribution in [0.2, 0.25) is 0 Å². The van der Waals surface area contributed by atoms with Gasteiger partial charge in [0.1, 0.15) is 0 Å². The molecule has 0 aliphatic carbocycles. The molecule has 2 N–H and O–H groups in total. The average Bonchev–Trinajstić information content (AvgIpc) is 2.45. The van der Waals surface area contributed by atoms with Crippen molar-refractivity contribution in [2.75, 3.05) is 18.5 Å². The van der Waals surface area contributed by atoms with E-state index in [0.29, 0.717) is 24.4 Å². The van der Waals surface area contributed by atoms with E-state index >= 15 is 0 Å². The van der Waals surface area contributed by atoms with Crippen molar-refractivity contribution in [3.63, 3.8) is 0 Å². The van der Waals surface area contributed by atoms with Crippen LogP contribution in [-0.4, -0.2) is 30.9 Å². The maximum Gasteiger partial charge on any atom is 0.338 e. The van der Waals surface area contributed by atoms with Crippen LogP contribution < -0.4 is 10.6 Å². The van der Waals surface area contributed by atoms with Crippen molar-refractivity contribution in [3.05, 3.63) is 29.8 Å². The normalized spacial score (nSPS) is 9.70. The SMILES string of the molecule is CCCNC(=O)C(=O)Nc1ccc(C(=O)OCC)cc1. The van der Waals surface area contributed by atoms with Crippen LogP contribution in [0.3, 0.4) is 0 Å². The summed E-state index contributed by atoms with van der Waals surface area (Å²) in [5.74, 6) is -1.84. The van der Waals surface area contributed by atoms with Crippen LogP contribution in [0, 0.1) is 0 Å². The number of hydrogen-bond acceptors (Lipinski definition) is 4. The highest BCUT2D eigenvalue weighted by Crippen LogP contribution is 2.10. The molecule has 6 heteroatoms. The number of ether oxygens (including phenoxy) is 1. The first-order valence-corrected chi connectivity index (χ1v) is 6.44. The Kier molecular flexibility index (Phi) is 6.22. The first-order valence-electron chi connectivity index (χ1n) is 6.44. The van der Waals surface area contributed by atoms with Crippen molar-refractivity contribution < 1.29 is 19.1 Å². The molecule has 1 aromatic carbocycles. The molecule has 0 aliphatic heterocycles. The number of amides is 2. The van der Waals surface area contributed by atoms with E-state index in [9.17, 15) is 14.4 Å². The summed E-state index contributed by atoms with van der Waals surface area (Å²) >= 11 is 0. The minimum absolute atomic E-state index is 0.301. The van der Waals surface area contributed by atoms with Gasteiger partial charge in [0.15, 0.2) is 0 Å². The summed E-state index contributed by atoms with van der Waals surface area (Å²) in [6.07, 6.45) is 0.757. The lowest BCUT2D eigenvalue weighted by atomic mass is 10.2. The molecule has 20 heavy (non-hydrogen) atoms. The van der Waals surface area contributed by atoms with E-state index in [-0.39, 0.29) is 0 Å². The summed E-state index contributed by atoms with van der Waals surface area (Å²) in [6, 6.07) is 6.13. The highest BCUT2D eigenvalue weighted by molar-refractivity contribution is 6.39. The molecule has 0 aromatic heterocycles. The molecule has 1 aromatic rings. The molecule has 0 spiro atoms. The first-order chi connectivity index (χ1) is 9.58. The number of carbonyl (C=O) groups excluding carboxylic acids is 3. The monoisotopic (exact) mass is 278 g/mol. The molecule has 108 valence electrons. The van der Waals surface area contributed by atoms with Gasteiger partial charge in [0.2, 0.25) is 0 Å². The summed E-state index contributed by atoms with van der Waals surface area (Å²) in [5.41, 5.74) is 0.829. The number of carbonyl (C=O) groups is 3.